The van der Waals surface area contributed by atoms with Gasteiger partial charge in [-0.25, -0.2) is 9.97 Å². The molecule has 4 rings (SSSR count). The summed E-state index contributed by atoms with van der Waals surface area (Å²) in [5.74, 6) is -0.272. The lowest BCUT2D eigenvalue weighted by Crippen LogP contribution is -2.44. The predicted molar refractivity (Wildman–Crippen MR) is 89.1 cm³/mol. The second kappa shape index (κ2) is 6.49. The highest BCUT2D eigenvalue weighted by Gasteiger charge is 2.43. The maximum atomic E-state index is 13.0. The summed E-state index contributed by atoms with van der Waals surface area (Å²) in [4.78, 5) is 24.3. The number of alkyl halides is 3. The molecule has 0 aliphatic carbocycles. The lowest BCUT2D eigenvalue weighted by atomic mass is 10.1. The van der Waals surface area contributed by atoms with Crippen LogP contribution in [0.25, 0.3) is 0 Å². The number of ether oxygens (including phenoxy) is 1. The van der Waals surface area contributed by atoms with Gasteiger partial charge in [-0.1, -0.05) is 0 Å². The molecule has 9 heteroatoms. The molecule has 142 valence electrons. The van der Waals surface area contributed by atoms with E-state index >= 15 is 0 Å². The van der Waals surface area contributed by atoms with Gasteiger partial charge in [0.25, 0.3) is 5.91 Å². The number of hydrogen-bond acceptors (Lipinski definition) is 5. The topological polar surface area (TPSA) is 58.6 Å². The molecule has 1 fully saturated rings. The van der Waals surface area contributed by atoms with Crippen molar-refractivity contribution in [3.63, 3.8) is 0 Å². The highest BCUT2D eigenvalue weighted by molar-refractivity contribution is 5.97. The Morgan fingerprint density at radius 2 is 1.96 bits per heavy atom. The Morgan fingerprint density at radius 1 is 1.22 bits per heavy atom. The molecule has 0 N–H and O–H groups in total. The lowest BCUT2D eigenvalue weighted by molar-refractivity contribution is -0.137. The van der Waals surface area contributed by atoms with Crippen molar-refractivity contribution in [3.8, 4) is 5.75 Å². The van der Waals surface area contributed by atoms with Crippen LogP contribution < -0.4 is 4.74 Å². The molecular formula is C18H17F3N4O2. The number of aromatic nitrogens is 2. The molecule has 27 heavy (non-hydrogen) atoms. The SMILES string of the molecule is CN1C(=O)c2cc(C(F)(F)F)ccc2O[C@H]2CN(Cc3cncnc3)C[C@H]21. The molecule has 1 amide bonds. The van der Waals surface area contributed by atoms with Crippen LogP contribution in [0.3, 0.4) is 0 Å². The van der Waals surface area contributed by atoms with Crippen LogP contribution in [0.1, 0.15) is 21.5 Å². The van der Waals surface area contributed by atoms with E-state index in [4.69, 9.17) is 4.74 Å². The van der Waals surface area contributed by atoms with Crippen LogP contribution in [0.2, 0.25) is 0 Å². The van der Waals surface area contributed by atoms with Crippen LogP contribution in [0, 0.1) is 0 Å². The summed E-state index contributed by atoms with van der Waals surface area (Å²) in [5.41, 5.74) is 0.0345. The molecule has 6 nitrogen and oxygen atoms in total. The van der Waals surface area contributed by atoms with E-state index in [1.54, 1.807) is 19.4 Å². The van der Waals surface area contributed by atoms with Crippen LogP contribution in [-0.4, -0.2) is 58.0 Å². The molecule has 0 spiro atoms. The Hall–Kier alpha value is -2.68. The number of hydrogen-bond donors (Lipinski definition) is 0. The van der Waals surface area contributed by atoms with Crippen molar-refractivity contribution in [2.24, 2.45) is 0 Å². The third-order valence-electron chi connectivity index (χ3n) is 4.97. The molecule has 2 aliphatic heterocycles. The molecule has 1 aromatic carbocycles. The van der Waals surface area contributed by atoms with Gasteiger partial charge in [0.1, 0.15) is 18.2 Å². The molecule has 0 radical (unpaired) electrons. The number of carbonyl (C=O) groups is 1. The van der Waals surface area contributed by atoms with E-state index in [2.05, 4.69) is 14.9 Å². The smallest absolute Gasteiger partial charge is 0.416 e. The van der Waals surface area contributed by atoms with Gasteiger partial charge in [0.15, 0.2) is 0 Å². The van der Waals surface area contributed by atoms with Crippen molar-refractivity contribution in [2.75, 3.05) is 20.1 Å². The van der Waals surface area contributed by atoms with Crippen molar-refractivity contribution in [3.05, 3.63) is 53.6 Å². The standard InChI is InChI=1S/C18H17F3N4O2/c1-24-14-8-25(7-11-5-22-10-23-6-11)9-16(14)27-15-3-2-12(18(19,20)21)4-13(15)17(24)26/h2-6,10,14,16H,7-9H2,1H3/t14-,16+/m1/s1. The average Bonchev–Trinajstić information content (AvgIpc) is 2.99. The summed E-state index contributed by atoms with van der Waals surface area (Å²) in [7, 11) is 1.61. The summed E-state index contributed by atoms with van der Waals surface area (Å²) in [6.45, 7) is 1.72. The summed E-state index contributed by atoms with van der Waals surface area (Å²) < 4.78 is 44.9. The first-order valence-electron chi connectivity index (χ1n) is 8.44. The van der Waals surface area contributed by atoms with Gasteiger partial charge in [-0.15, -0.1) is 0 Å². The van der Waals surface area contributed by atoms with E-state index in [-0.39, 0.29) is 23.5 Å². The largest absolute Gasteiger partial charge is 0.486 e. The van der Waals surface area contributed by atoms with Gasteiger partial charge in [-0.2, -0.15) is 13.2 Å². The Kier molecular flexibility index (Phi) is 4.26. The van der Waals surface area contributed by atoms with Gasteiger partial charge in [0, 0.05) is 44.6 Å². The van der Waals surface area contributed by atoms with Gasteiger partial charge in [-0.05, 0) is 18.2 Å². The summed E-state index contributed by atoms with van der Waals surface area (Å²) in [5, 5.41) is 0. The quantitative estimate of drug-likeness (QED) is 0.802. The van der Waals surface area contributed by atoms with Crippen molar-refractivity contribution >= 4 is 5.91 Å². The van der Waals surface area contributed by atoms with Gasteiger partial charge in [0.2, 0.25) is 0 Å². The third-order valence-corrected chi connectivity index (χ3v) is 4.97. The van der Waals surface area contributed by atoms with Crippen LogP contribution in [0.15, 0.2) is 36.9 Å². The minimum absolute atomic E-state index is 0.0512. The van der Waals surface area contributed by atoms with E-state index in [0.717, 1.165) is 17.7 Å². The molecule has 2 aliphatic rings. The fraction of sp³-hybridized carbons (Fsp3) is 0.389. The zero-order valence-electron chi connectivity index (χ0n) is 14.5. The Balaban J connectivity index is 1.59. The number of fused-ring (bicyclic) bond motifs is 2. The van der Waals surface area contributed by atoms with Crippen molar-refractivity contribution in [1.82, 2.24) is 19.8 Å². The molecule has 0 unspecified atom stereocenters. The number of rotatable bonds is 2. The molecule has 2 aromatic rings. The number of halogens is 3. The van der Waals surface area contributed by atoms with E-state index in [1.165, 1.54) is 17.3 Å². The molecule has 3 heterocycles. The summed E-state index contributed by atoms with van der Waals surface area (Å²) >= 11 is 0. The van der Waals surface area contributed by atoms with Crippen molar-refractivity contribution < 1.29 is 22.7 Å². The molecular weight excluding hydrogens is 361 g/mol. The van der Waals surface area contributed by atoms with Gasteiger partial charge < -0.3 is 9.64 Å². The summed E-state index contributed by atoms with van der Waals surface area (Å²) in [6, 6.07) is 2.80. The maximum absolute atomic E-state index is 13.0. The van der Waals surface area contributed by atoms with Crippen LogP contribution in [0.5, 0.6) is 5.75 Å². The Bertz CT molecular complexity index is 859. The van der Waals surface area contributed by atoms with E-state index in [9.17, 15) is 18.0 Å². The minimum atomic E-state index is -4.51. The van der Waals surface area contributed by atoms with E-state index in [0.29, 0.717) is 19.6 Å². The normalized spacial score (nSPS) is 22.8. The number of nitrogens with zero attached hydrogens (tertiary/aromatic N) is 4. The van der Waals surface area contributed by atoms with Gasteiger partial charge >= 0.3 is 6.18 Å². The highest BCUT2D eigenvalue weighted by atomic mass is 19.4. The van der Waals surface area contributed by atoms with Gasteiger partial charge in [0.05, 0.1) is 17.2 Å². The second-order valence-electron chi connectivity index (χ2n) is 6.79. The Labute approximate surface area is 153 Å². The first kappa shape index (κ1) is 17.7. The molecule has 2 atom stereocenters. The first-order valence-corrected chi connectivity index (χ1v) is 8.44. The zero-order valence-corrected chi connectivity index (χ0v) is 14.5. The fourth-order valence-electron chi connectivity index (χ4n) is 3.60. The third kappa shape index (κ3) is 3.34. The molecule has 1 saturated heterocycles. The Morgan fingerprint density at radius 3 is 2.67 bits per heavy atom. The first-order chi connectivity index (χ1) is 12.8. The van der Waals surface area contributed by atoms with E-state index in [1.807, 2.05) is 0 Å². The van der Waals surface area contributed by atoms with Crippen LogP contribution in [0.4, 0.5) is 13.2 Å². The zero-order chi connectivity index (χ0) is 19.2. The molecule has 0 bridgehead atoms. The van der Waals surface area contributed by atoms with Crippen LogP contribution in [-0.2, 0) is 12.7 Å². The number of benzene rings is 1. The molecule has 0 saturated carbocycles. The monoisotopic (exact) mass is 378 g/mol. The average molecular weight is 378 g/mol. The summed E-state index contributed by atoms with van der Waals surface area (Å²) in [6.07, 6.45) is 0.0843. The number of carbonyl (C=O) groups excluding carboxylic acids is 1. The number of likely N-dealkylation sites (N-methyl/N-ethyl adjacent to an activating group) is 1. The predicted octanol–water partition coefficient (Wildman–Crippen LogP) is 2.21. The van der Waals surface area contributed by atoms with Crippen LogP contribution >= 0.6 is 0 Å². The number of amides is 1. The minimum Gasteiger partial charge on any atom is -0.486 e. The maximum Gasteiger partial charge on any atom is 0.416 e. The number of likely N-dealkylation sites (tertiary alicyclic amines) is 1. The van der Waals surface area contributed by atoms with Gasteiger partial charge in [-0.3, -0.25) is 9.69 Å². The van der Waals surface area contributed by atoms with Crippen molar-refractivity contribution in [2.45, 2.75) is 24.9 Å². The highest BCUT2D eigenvalue weighted by Crippen LogP contribution is 2.36. The van der Waals surface area contributed by atoms with Crippen molar-refractivity contribution in [1.29, 1.82) is 0 Å². The lowest BCUT2D eigenvalue weighted by Gasteiger charge is -2.25. The fourth-order valence-corrected chi connectivity index (χ4v) is 3.60. The molecule has 1 aromatic heterocycles. The second-order valence-corrected chi connectivity index (χ2v) is 6.79. The van der Waals surface area contributed by atoms with E-state index < -0.39 is 17.6 Å².